The standard InChI is InChI=1S/C18H21N3O7S3/c1-30(24,25)21-10-8-20(9-11-21)16(22)13-28-18(23)14-5-2-3-6-15(14)19-31(26,27)17-7-4-12-29-17/h2-7,12,19H,8-11,13H2,1H3. The van der Waals surface area contributed by atoms with Crippen LogP contribution in [0.15, 0.2) is 46.0 Å². The predicted molar refractivity (Wildman–Crippen MR) is 115 cm³/mol. The van der Waals surface area contributed by atoms with E-state index in [0.717, 1.165) is 17.6 Å². The van der Waals surface area contributed by atoms with E-state index in [1.165, 1.54) is 27.4 Å². The zero-order valence-corrected chi connectivity index (χ0v) is 19.0. The molecule has 0 radical (unpaired) electrons. The van der Waals surface area contributed by atoms with Gasteiger partial charge < -0.3 is 9.64 Å². The van der Waals surface area contributed by atoms with E-state index in [2.05, 4.69) is 4.72 Å². The van der Waals surface area contributed by atoms with Crippen molar-refractivity contribution in [3.05, 3.63) is 47.3 Å². The Hall–Kier alpha value is -2.48. The van der Waals surface area contributed by atoms with Gasteiger partial charge in [0.1, 0.15) is 4.21 Å². The molecule has 10 nitrogen and oxygen atoms in total. The number of hydrogen-bond acceptors (Lipinski definition) is 8. The number of piperazine rings is 1. The summed E-state index contributed by atoms with van der Waals surface area (Å²) < 4.78 is 56.8. The largest absolute Gasteiger partial charge is 0.452 e. The van der Waals surface area contributed by atoms with Crippen molar-refractivity contribution in [2.45, 2.75) is 4.21 Å². The number of sulfonamides is 2. The number of para-hydroxylation sites is 1. The van der Waals surface area contributed by atoms with Gasteiger partial charge in [-0.1, -0.05) is 18.2 Å². The topological polar surface area (TPSA) is 130 Å². The SMILES string of the molecule is CS(=O)(=O)N1CCN(C(=O)COC(=O)c2ccccc2NS(=O)(=O)c2cccs2)CC1. The van der Waals surface area contributed by atoms with Crippen LogP contribution in [0.3, 0.4) is 0 Å². The van der Waals surface area contributed by atoms with Crippen LogP contribution in [0.25, 0.3) is 0 Å². The first-order valence-corrected chi connectivity index (χ1v) is 13.3. The Balaban J connectivity index is 1.61. The van der Waals surface area contributed by atoms with Crippen LogP contribution in [0.2, 0.25) is 0 Å². The molecule has 2 heterocycles. The number of ether oxygens (including phenoxy) is 1. The van der Waals surface area contributed by atoms with Gasteiger partial charge in [0.25, 0.3) is 15.9 Å². The van der Waals surface area contributed by atoms with E-state index in [-0.39, 0.29) is 41.6 Å². The van der Waals surface area contributed by atoms with Gasteiger partial charge in [0.15, 0.2) is 6.61 Å². The molecule has 0 bridgehead atoms. The molecule has 1 saturated heterocycles. The Kier molecular flexibility index (Phi) is 6.99. The van der Waals surface area contributed by atoms with Crippen molar-refractivity contribution in [2.75, 3.05) is 43.8 Å². The van der Waals surface area contributed by atoms with Crippen LogP contribution in [-0.2, 0) is 29.6 Å². The summed E-state index contributed by atoms with van der Waals surface area (Å²) in [5, 5.41) is 1.62. The second-order valence-corrected chi connectivity index (χ2v) is 11.5. The highest BCUT2D eigenvalue weighted by Gasteiger charge is 2.27. The maximum atomic E-state index is 12.5. The first-order chi connectivity index (χ1) is 14.6. The molecule has 1 amide bonds. The van der Waals surface area contributed by atoms with Crippen molar-refractivity contribution in [3.63, 3.8) is 0 Å². The second kappa shape index (κ2) is 9.34. The number of amides is 1. The molecule has 1 aliphatic heterocycles. The van der Waals surface area contributed by atoms with Crippen molar-refractivity contribution in [1.82, 2.24) is 9.21 Å². The number of nitrogens with one attached hydrogen (secondary N) is 1. The lowest BCUT2D eigenvalue weighted by Gasteiger charge is -2.33. The van der Waals surface area contributed by atoms with Gasteiger partial charge in [0, 0.05) is 26.2 Å². The Bertz CT molecular complexity index is 1150. The van der Waals surface area contributed by atoms with Gasteiger partial charge in [-0.15, -0.1) is 11.3 Å². The van der Waals surface area contributed by atoms with Crippen LogP contribution in [0.4, 0.5) is 5.69 Å². The maximum absolute atomic E-state index is 12.5. The van der Waals surface area contributed by atoms with Gasteiger partial charge in [-0.3, -0.25) is 9.52 Å². The molecule has 2 aromatic rings. The zero-order valence-electron chi connectivity index (χ0n) is 16.6. The first kappa shape index (κ1) is 23.2. The smallest absolute Gasteiger partial charge is 0.340 e. The molecule has 0 aliphatic carbocycles. The van der Waals surface area contributed by atoms with E-state index in [4.69, 9.17) is 4.74 Å². The highest BCUT2D eigenvalue weighted by atomic mass is 32.2. The minimum Gasteiger partial charge on any atom is -0.452 e. The Morgan fingerprint density at radius 1 is 1.03 bits per heavy atom. The summed E-state index contributed by atoms with van der Waals surface area (Å²) in [6.07, 6.45) is 1.11. The van der Waals surface area contributed by atoms with Crippen LogP contribution in [0.5, 0.6) is 0 Å². The monoisotopic (exact) mass is 487 g/mol. The van der Waals surface area contributed by atoms with Crippen molar-refractivity contribution in [2.24, 2.45) is 0 Å². The van der Waals surface area contributed by atoms with Gasteiger partial charge in [-0.05, 0) is 23.6 Å². The molecule has 31 heavy (non-hydrogen) atoms. The van der Waals surface area contributed by atoms with E-state index < -0.39 is 38.5 Å². The summed E-state index contributed by atoms with van der Waals surface area (Å²) in [5.41, 5.74) is 0.00689. The van der Waals surface area contributed by atoms with Crippen LogP contribution < -0.4 is 4.72 Å². The third kappa shape index (κ3) is 5.81. The Morgan fingerprint density at radius 2 is 1.71 bits per heavy atom. The molecular formula is C18H21N3O7S3. The van der Waals surface area contributed by atoms with E-state index in [0.29, 0.717) is 0 Å². The van der Waals surface area contributed by atoms with Crippen LogP contribution in [-0.4, -0.2) is 77.0 Å². The minimum absolute atomic E-state index is 0.0303. The number of nitrogens with zero attached hydrogens (tertiary/aromatic N) is 2. The number of carbonyl (C=O) groups excluding carboxylic acids is 2. The third-order valence-electron chi connectivity index (χ3n) is 4.54. The predicted octanol–water partition coefficient (Wildman–Crippen LogP) is 0.810. The molecule has 0 unspecified atom stereocenters. The van der Waals surface area contributed by atoms with Gasteiger partial charge in [0.05, 0.1) is 17.5 Å². The van der Waals surface area contributed by atoms with Crippen molar-refractivity contribution < 1.29 is 31.2 Å². The molecule has 1 aliphatic rings. The van der Waals surface area contributed by atoms with E-state index in [9.17, 15) is 26.4 Å². The summed E-state index contributed by atoms with van der Waals surface area (Å²) in [6.45, 7) is 0.197. The fourth-order valence-electron chi connectivity index (χ4n) is 2.93. The minimum atomic E-state index is -3.86. The van der Waals surface area contributed by atoms with Crippen molar-refractivity contribution in [1.29, 1.82) is 0 Å². The molecule has 168 valence electrons. The maximum Gasteiger partial charge on any atom is 0.340 e. The molecule has 1 aromatic carbocycles. The number of carbonyl (C=O) groups is 2. The lowest BCUT2D eigenvalue weighted by molar-refractivity contribution is -0.135. The summed E-state index contributed by atoms with van der Waals surface area (Å²) in [6, 6.07) is 8.97. The zero-order chi connectivity index (χ0) is 22.6. The molecule has 1 N–H and O–H groups in total. The molecule has 0 saturated carbocycles. The quantitative estimate of drug-likeness (QED) is 0.572. The summed E-state index contributed by atoms with van der Waals surface area (Å²) >= 11 is 1.04. The average molecular weight is 488 g/mol. The molecule has 0 atom stereocenters. The van der Waals surface area contributed by atoms with Gasteiger partial charge in [0.2, 0.25) is 10.0 Å². The normalized spacial score (nSPS) is 15.5. The lowest BCUT2D eigenvalue weighted by atomic mass is 10.2. The fraction of sp³-hybridized carbons (Fsp3) is 0.333. The number of esters is 1. The van der Waals surface area contributed by atoms with Gasteiger partial charge >= 0.3 is 5.97 Å². The number of rotatable bonds is 7. The third-order valence-corrected chi connectivity index (χ3v) is 8.60. The fourth-order valence-corrected chi connectivity index (χ4v) is 5.83. The van der Waals surface area contributed by atoms with Gasteiger partial charge in [-0.25, -0.2) is 21.6 Å². The van der Waals surface area contributed by atoms with Crippen LogP contribution >= 0.6 is 11.3 Å². The van der Waals surface area contributed by atoms with Crippen LogP contribution in [0, 0.1) is 0 Å². The van der Waals surface area contributed by atoms with E-state index >= 15 is 0 Å². The number of anilines is 1. The Morgan fingerprint density at radius 3 is 2.32 bits per heavy atom. The average Bonchev–Trinajstić information content (AvgIpc) is 3.27. The molecular weight excluding hydrogens is 466 g/mol. The molecule has 3 rings (SSSR count). The summed E-state index contributed by atoms with van der Waals surface area (Å²) in [7, 11) is -7.18. The lowest BCUT2D eigenvalue weighted by Crippen LogP contribution is -2.51. The van der Waals surface area contributed by atoms with Gasteiger partial charge in [-0.2, -0.15) is 4.31 Å². The second-order valence-electron chi connectivity index (χ2n) is 6.70. The molecule has 1 aromatic heterocycles. The van der Waals surface area contributed by atoms with Crippen molar-refractivity contribution >= 4 is 48.9 Å². The van der Waals surface area contributed by atoms with Crippen molar-refractivity contribution in [3.8, 4) is 0 Å². The summed E-state index contributed by atoms with van der Waals surface area (Å²) in [4.78, 5) is 26.2. The highest BCUT2D eigenvalue weighted by Crippen LogP contribution is 2.23. The molecule has 1 fully saturated rings. The summed E-state index contributed by atoms with van der Waals surface area (Å²) in [5.74, 6) is -1.31. The van der Waals surface area contributed by atoms with E-state index in [1.807, 2.05) is 0 Å². The highest BCUT2D eigenvalue weighted by molar-refractivity contribution is 7.94. The first-order valence-electron chi connectivity index (χ1n) is 9.13. The molecule has 13 heteroatoms. The van der Waals surface area contributed by atoms with Crippen LogP contribution in [0.1, 0.15) is 10.4 Å². The van der Waals surface area contributed by atoms with E-state index in [1.54, 1.807) is 23.6 Å². The Labute approximate surface area is 184 Å². The number of thiophene rings is 1. The number of benzene rings is 1. The molecule has 0 spiro atoms. The number of hydrogen-bond donors (Lipinski definition) is 1.